The van der Waals surface area contributed by atoms with Crippen LogP contribution in [0.5, 0.6) is 0 Å². The molecule has 23 heavy (non-hydrogen) atoms. The monoisotopic (exact) mass is 348 g/mol. The first-order chi connectivity index (χ1) is 11.0. The van der Waals surface area contributed by atoms with E-state index in [1.165, 1.54) is 28.4 Å². The highest BCUT2D eigenvalue weighted by atomic mass is 32.2. The maximum absolute atomic E-state index is 11.9. The normalized spacial score (nSPS) is 23.0. The van der Waals surface area contributed by atoms with E-state index in [2.05, 4.69) is 5.32 Å². The molecular weight excluding hydrogens is 336 g/mol. The molecule has 2 aliphatic rings. The number of carbonyl (C=O) groups excluding carboxylic acids is 1. The number of nitrogens with one attached hydrogen (secondary N) is 1. The van der Waals surface area contributed by atoms with Crippen molar-refractivity contribution >= 4 is 41.1 Å². The van der Waals surface area contributed by atoms with Gasteiger partial charge in [-0.3, -0.25) is 15.0 Å². The number of hydrogen-bond donors (Lipinski definition) is 3. The second kappa shape index (κ2) is 6.16. The van der Waals surface area contributed by atoms with Crippen molar-refractivity contribution in [2.75, 3.05) is 11.1 Å². The number of carboxylic acid groups (broad SMARTS) is 1. The molecule has 7 nitrogen and oxygen atoms in total. The van der Waals surface area contributed by atoms with Gasteiger partial charge in [-0.2, -0.15) is 5.26 Å². The summed E-state index contributed by atoms with van der Waals surface area (Å²) in [4.78, 5) is 26.2. The van der Waals surface area contributed by atoms with Gasteiger partial charge in [0.2, 0.25) is 5.91 Å². The maximum atomic E-state index is 11.9. The number of nitriles is 1. The second-order valence-electron chi connectivity index (χ2n) is 4.88. The first-order valence-electron chi connectivity index (χ1n) is 6.62. The van der Waals surface area contributed by atoms with Crippen LogP contribution >= 0.6 is 23.5 Å². The van der Waals surface area contributed by atoms with Crippen molar-refractivity contribution in [3.05, 3.63) is 34.9 Å². The van der Waals surface area contributed by atoms with E-state index in [9.17, 15) is 14.7 Å². The molecule has 0 aliphatic carbocycles. The number of nitrogens with zero attached hydrogens (tertiary/aromatic N) is 2. The molecule has 0 unspecified atom stereocenters. The molecule has 118 valence electrons. The number of carboxylic acids is 1. The van der Waals surface area contributed by atoms with E-state index >= 15 is 0 Å². The largest absolute Gasteiger partial charge is 0.477 e. The number of aliphatic carboxylic acids is 1. The number of rotatable bonds is 4. The Labute approximate surface area is 140 Å². The van der Waals surface area contributed by atoms with Crippen LogP contribution in [-0.2, 0) is 9.59 Å². The molecule has 0 bridgehead atoms. The van der Waals surface area contributed by atoms with E-state index in [-0.39, 0.29) is 17.0 Å². The number of benzene rings is 1. The predicted molar refractivity (Wildman–Crippen MR) is 87.3 cm³/mol. The number of fused-ring (bicyclic) bond motifs is 1. The highest BCUT2D eigenvalue weighted by Crippen LogP contribution is 2.44. The minimum Gasteiger partial charge on any atom is -0.477 e. The topological polar surface area (TPSA) is 119 Å². The molecule has 3 rings (SSSR count). The van der Waals surface area contributed by atoms with Gasteiger partial charge in [-0.05, 0) is 24.3 Å². The third kappa shape index (κ3) is 2.76. The standard InChI is InChI=1S/C14H12N4O3S2/c15-6-17-7-1-3-8(4-2-7)23-9-5-22-13-10(16)12(19)18(13)11(9)14(20)21/h1-4,10,13,17H,5,16H2,(H,20,21)/t10-,13+/m1/s1. The Balaban J connectivity index is 1.86. The SMILES string of the molecule is N#CNc1ccc(SC2=C(C(=O)O)N3C(=O)[C@@H](N)[C@@H]3SC2)cc1. The summed E-state index contributed by atoms with van der Waals surface area (Å²) in [5, 5.41) is 20.3. The lowest BCUT2D eigenvalue weighted by molar-refractivity contribution is -0.147. The summed E-state index contributed by atoms with van der Waals surface area (Å²) in [6.07, 6.45) is 1.83. The lowest BCUT2D eigenvalue weighted by Crippen LogP contribution is -2.68. The van der Waals surface area contributed by atoms with Gasteiger partial charge < -0.3 is 10.8 Å². The molecule has 2 aliphatic heterocycles. The van der Waals surface area contributed by atoms with Crippen LogP contribution in [0.2, 0.25) is 0 Å². The summed E-state index contributed by atoms with van der Waals surface area (Å²) in [5.41, 5.74) is 6.39. The first-order valence-corrected chi connectivity index (χ1v) is 8.49. The van der Waals surface area contributed by atoms with Gasteiger partial charge in [-0.15, -0.1) is 11.8 Å². The van der Waals surface area contributed by atoms with Gasteiger partial charge in [0.25, 0.3) is 0 Å². The van der Waals surface area contributed by atoms with E-state index in [0.29, 0.717) is 16.3 Å². The number of carbonyl (C=O) groups is 2. The zero-order chi connectivity index (χ0) is 16.6. The van der Waals surface area contributed by atoms with Crippen molar-refractivity contribution in [2.24, 2.45) is 5.73 Å². The smallest absolute Gasteiger partial charge is 0.353 e. The number of nitrogens with two attached hydrogens (primary N) is 1. The minimum absolute atomic E-state index is 0.0182. The van der Waals surface area contributed by atoms with Crippen molar-refractivity contribution < 1.29 is 14.7 Å². The van der Waals surface area contributed by atoms with E-state index in [1.807, 2.05) is 6.19 Å². The van der Waals surface area contributed by atoms with Crippen LogP contribution in [0.15, 0.2) is 39.8 Å². The molecule has 4 N–H and O–H groups in total. The van der Waals surface area contributed by atoms with Crippen molar-refractivity contribution in [1.82, 2.24) is 4.90 Å². The summed E-state index contributed by atoms with van der Waals surface area (Å²) in [6.45, 7) is 0. The molecule has 1 aromatic carbocycles. The molecule has 2 atom stereocenters. The van der Waals surface area contributed by atoms with Crippen LogP contribution < -0.4 is 11.1 Å². The molecule has 1 amide bonds. The number of β-lactam (4-membered cyclic amide) rings is 1. The fourth-order valence-corrected chi connectivity index (χ4v) is 4.80. The number of hydrogen-bond acceptors (Lipinski definition) is 7. The highest BCUT2D eigenvalue weighted by molar-refractivity contribution is 8.06. The fraction of sp³-hybridized carbons (Fsp3) is 0.214. The minimum atomic E-state index is -1.12. The molecule has 0 aromatic heterocycles. The van der Waals surface area contributed by atoms with Crippen LogP contribution in [0.25, 0.3) is 0 Å². The Kier molecular flexibility index (Phi) is 4.21. The maximum Gasteiger partial charge on any atom is 0.353 e. The van der Waals surface area contributed by atoms with Crippen LogP contribution in [0.1, 0.15) is 0 Å². The lowest BCUT2D eigenvalue weighted by atomic mass is 10.1. The predicted octanol–water partition coefficient (Wildman–Crippen LogP) is 1.21. The Morgan fingerprint density at radius 1 is 1.48 bits per heavy atom. The highest BCUT2D eigenvalue weighted by Gasteiger charge is 2.51. The molecule has 1 saturated heterocycles. The number of amides is 1. The molecule has 1 aromatic rings. The van der Waals surface area contributed by atoms with Crippen molar-refractivity contribution in [3.63, 3.8) is 0 Å². The van der Waals surface area contributed by atoms with Gasteiger partial charge in [0.05, 0.1) is 0 Å². The molecule has 0 spiro atoms. The van der Waals surface area contributed by atoms with Crippen LogP contribution in [0.3, 0.4) is 0 Å². The average molecular weight is 348 g/mol. The van der Waals surface area contributed by atoms with Crippen LogP contribution in [0, 0.1) is 11.5 Å². The van der Waals surface area contributed by atoms with Gasteiger partial charge in [-0.1, -0.05) is 11.8 Å². The fourth-order valence-electron chi connectivity index (χ4n) is 2.38. The van der Waals surface area contributed by atoms with E-state index in [4.69, 9.17) is 11.0 Å². The third-order valence-corrected chi connectivity index (χ3v) is 6.05. The summed E-state index contributed by atoms with van der Waals surface area (Å²) >= 11 is 2.77. The van der Waals surface area contributed by atoms with Crippen molar-refractivity contribution in [2.45, 2.75) is 16.3 Å². The van der Waals surface area contributed by atoms with E-state index in [1.54, 1.807) is 24.3 Å². The van der Waals surface area contributed by atoms with Crippen molar-refractivity contribution in [1.29, 1.82) is 5.26 Å². The molecule has 2 heterocycles. The Bertz CT molecular complexity index is 741. The Morgan fingerprint density at radius 3 is 2.78 bits per heavy atom. The Hall–Kier alpha value is -2.15. The average Bonchev–Trinajstić information content (AvgIpc) is 2.55. The summed E-state index contributed by atoms with van der Waals surface area (Å²) in [6, 6.07) is 6.41. The summed E-state index contributed by atoms with van der Waals surface area (Å²) in [5.74, 6) is -0.987. The zero-order valence-electron chi connectivity index (χ0n) is 11.7. The first kappa shape index (κ1) is 15.7. The quantitative estimate of drug-likeness (QED) is 0.422. The Morgan fingerprint density at radius 2 is 2.17 bits per heavy atom. The number of thioether (sulfide) groups is 2. The lowest BCUT2D eigenvalue weighted by Gasteiger charge is -2.47. The van der Waals surface area contributed by atoms with E-state index < -0.39 is 12.0 Å². The van der Waals surface area contributed by atoms with Gasteiger partial charge >= 0.3 is 5.97 Å². The molecular formula is C14H12N4O3S2. The molecule has 9 heteroatoms. The van der Waals surface area contributed by atoms with Crippen LogP contribution in [0.4, 0.5) is 5.69 Å². The van der Waals surface area contributed by atoms with E-state index in [0.717, 1.165) is 4.90 Å². The molecule has 0 saturated carbocycles. The molecule has 0 radical (unpaired) electrons. The van der Waals surface area contributed by atoms with Crippen LogP contribution in [-0.4, -0.2) is 39.1 Å². The molecule has 1 fully saturated rings. The summed E-state index contributed by atoms with van der Waals surface area (Å²) in [7, 11) is 0. The van der Waals surface area contributed by atoms with Crippen molar-refractivity contribution in [3.8, 4) is 6.19 Å². The van der Waals surface area contributed by atoms with Gasteiger partial charge in [-0.25, -0.2) is 4.79 Å². The second-order valence-corrected chi connectivity index (χ2v) is 7.15. The van der Waals surface area contributed by atoms with Gasteiger partial charge in [0, 0.05) is 21.2 Å². The zero-order valence-corrected chi connectivity index (χ0v) is 13.4. The number of anilines is 1. The summed E-state index contributed by atoms with van der Waals surface area (Å²) < 4.78 is 0. The van der Waals surface area contributed by atoms with Gasteiger partial charge in [0.15, 0.2) is 6.19 Å². The van der Waals surface area contributed by atoms with Gasteiger partial charge in [0.1, 0.15) is 17.1 Å². The third-order valence-electron chi connectivity index (χ3n) is 3.47.